The molecule has 2 fully saturated rings. The quantitative estimate of drug-likeness (QED) is 0.652. The van der Waals surface area contributed by atoms with E-state index in [1.165, 1.54) is 13.5 Å². The highest BCUT2D eigenvalue weighted by Crippen LogP contribution is 2.50. The van der Waals surface area contributed by atoms with Crippen LogP contribution in [0.15, 0.2) is 22.9 Å². The van der Waals surface area contributed by atoms with E-state index in [0.717, 1.165) is 36.1 Å². The van der Waals surface area contributed by atoms with E-state index in [-0.39, 0.29) is 12.6 Å². The molecule has 1 aliphatic heterocycles. The van der Waals surface area contributed by atoms with Gasteiger partial charge in [-0.25, -0.2) is 9.78 Å². The van der Waals surface area contributed by atoms with Crippen molar-refractivity contribution in [3.63, 3.8) is 0 Å². The molecule has 5 nitrogen and oxygen atoms in total. The second kappa shape index (κ2) is 6.64. The minimum absolute atomic E-state index is 0.0143. The number of aromatic nitrogens is 1. The van der Waals surface area contributed by atoms with Gasteiger partial charge in [-0.2, -0.15) is 0 Å². The summed E-state index contributed by atoms with van der Waals surface area (Å²) in [5.41, 5.74) is 0.626. The Morgan fingerprint density at radius 1 is 1.41 bits per heavy atom. The average Bonchev–Trinajstić information content (AvgIpc) is 2.52. The monoisotopic (exact) mass is 368 g/mol. The van der Waals surface area contributed by atoms with Gasteiger partial charge in [0.1, 0.15) is 16.8 Å². The molecule has 2 aliphatic rings. The van der Waals surface area contributed by atoms with E-state index in [4.69, 9.17) is 9.47 Å². The lowest BCUT2D eigenvalue weighted by molar-refractivity contribution is -0.183. The lowest BCUT2D eigenvalue weighted by Gasteiger charge is -2.52. The minimum Gasteiger partial charge on any atom is -0.467 e. The molecule has 6 heteroatoms. The SMILES string of the molecule is COC(=O)COC1(c2ccc(Br)nc2)C2CCCC1CNC2. The molecule has 1 aromatic heterocycles. The van der Waals surface area contributed by atoms with Gasteiger partial charge in [-0.05, 0) is 34.8 Å². The van der Waals surface area contributed by atoms with Crippen LogP contribution in [0, 0.1) is 11.8 Å². The molecule has 1 aliphatic carbocycles. The first-order valence-electron chi connectivity index (χ1n) is 7.70. The van der Waals surface area contributed by atoms with Crippen molar-refractivity contribution in [1.82, 2.24) is 10.3 Å². The van der Waals surface area contributed by atoms with Crippen LogP contribution in [-0.4, -0.2) is 37.8 Å². The number of fused-ring (bicyclic) bond motifs is 2. The van der Waals surface area contributed by atoms with Gasteiger partial charge in [0.2, 0.25) is 0 Å². The number of hydrogen-bond donors (Lipinski definition) is 1. The zero-order valence-electron chi connectivity index (χ0n) is 12.7. The summed E-state index contributed by atoms with van der Waals surface area (Å²) in [5.74, 6) is 0.376. The topological polar surface area (TPSA) is 60.5 Å². The summed E-state index contributed by atoms with van der Waals surface area (Å²) in [6.07, 6.45) is 5.28. The molecule has 22 heavy (non-hydrogen) atoms. The fraction of sp³-hybridized carbons (Fsp3) is 0.625. The molecular weight excluding hydrogens is 348 g/mol. The molecule has 2 atom stereocenters. The molecule has 0 spiro atoms. The van der Waals surface area contributed by atoms with E-state index < -0.39 is 5.60 Å². The molecular formula is C16H21BrN2O3. The smallest absolute Gasteiger partial charge is 0.331 e. The first-order chi connectivity index (χ1) is 10.7. The molecule has 1 N–H and O–H groups in total. The Bertz CT molecular complexity index is 513. The number of nitrogens with zero attached hydrogens (tertiary/aromatic N) is 1. The molecule has 120 valence electrons. The maximum absolute atomic E-state index is 11.6. The maximum Gasteiger partial charge on any atom is 0.331 e. The van der Waals surface area contributed by atoms with Crippen molar-refractivity contribution in [2.45, 2.75) is 24.9 Å². The lowest BCUT2D eigenvalue weighted by atomic mass is 9.63. The third kappa shape index (κ3) is 2.79. The summed E-state index contributed by atoms with van der Waals surface area (Å²) in [4.78, 5) is 16.0. The Morgan fingerprint density at radius 3 is 2.73 bits per heavy atom. The molecule has 2 bridgehead atoms. The van der Waals surface area contributed by atoms with E-state index in [0.29, 0.717) is 11.8 Å². The second-order valence-electron chi connectivity index (χ2n) is 6.01. The molecule has 1 saturated heterocycles. The number of carbonyl (C=O) groups is 1. The van der Waals surface area contributed by atoms with Gasteiger partial charge in [-0.15, -0.1) is 0 Å². The predicted octanol–water partition coefficient (Wildman–Crippen LogP) is 2.25. The van der Waals surface area contributed by atoms with Crippen molar-refractivity contribution >= 4 is 21.9 Å². The van der Waals surface area contributed by atoms with Crippen LogP contribution in [0.25, 0.3) is 0 Å². The van der Waals surface area contributed by atoms with E-state index in [2.05, 4.69) is 32.3 Å². The zero-order chi connectivity index (χ0) is 15.6. The highest BCUT2D eigenvalue weighted by Gasteiger charge is 2.52. The molecule has 0 amide bonds. The Morgan fingerprint density at radius 2 is 2.14 bits per heavy atom. The third-order valence-corrected chi connectivity index (χ3v) is 5.40. The number of methoxy groups -OCH3 is 1. The van der Waals surface area contributed by atoms with Crippen LogP contribution in [-0.2, 0) is 19.9 Å². The second-order valence-corrected chi connectivity index (χ2v) is 6.82. The van der Waals surface area contributed by atoms with Gasteiger partial charge in [0.05, 0.1) is 7.11 Å². The number of pyridine rings is 1. The normalized spacial score (nSPS) is 30.8. The zero-order valence-corrected chi connectivity index (χ0v) is 14.3. The fourth-order valence-corrected chi connectivity index (χ4v) is 4.18. The summed E-state index contributed by atoms with van der Waals surface area (Å²) in [6, 6.07) is 4.00. The minimum atomic E-state index is -0.439. The van der Waals surface area contributed by atoms with Gasteiger partial charge >= 0.3 is 5.97 Å². The van der Waals surface area contributed by atoms with Gasteiger partial charge < -0.3 is 14.8 Å². The van der Waals surface area contributed by atoms with Gasteiger partial charge in [-0.1, -0.05) is 12.5 Å². The number of piperidine rings is 1. The van der Waals surface area contributed by atoms with Gasteiger partial charge in [0.15, 0.2) is 0 Å². The molecule has 1 aromatic rings. The van der Waals surface area contributed by atoms with Crippen molar-refractivity contribution in [3.05, 3.63) is 28.5 Å². The molecule has 2 heterocycles. The van der Waals surface area contributed by atoms with E-state index >= 15 is 0 Å². The Kier molecular flexibility index (Phi) is 4.80. The van der Waals surface area contributed by atoms with Crippen LogP contribution in [0.4, 0.5) is 0 Å². The van der Waals surface area contributed by atoms with Crippen molar-refractivity contribution in [2.75, 3.05) is 26.8 Å². The first kappa shape index (κ1) is 15.9. The number of nitrogens with one attached hydrogen (secondary N) is 1. The number of halogens is 1. The van der Waals surface area contributed by atoms with E-state index in [1.54, 1.807) is 0 Å². The third-order valence-electron chi connectivity index (χ3n) is 4.93. The molecule has 1 saturated carbocycles. The van der Waals surface area contributed by atoms with Gasteiger partial charge in [0, 0.05) is 36.7 Å². The standard InChI is InChI=1S/C16H21BrN2O3/c1-21-15(20)10-22-16(13-5-6-14(17)19-9-13)11-3-2-4-12(16)8-18-7-11/h5-6,9,11-12,18H,2-4,7-8,10H2,1H3. The fourth-order valence-electron chi connectivity index (χ4n) is 3.95. The Labute approximate surface area is 138 Å². The highest BCUT2D eigenvalue weighted by molar-refractivity contribution is 9.10. The predicted molar refractivity (Wildman–Crippen MR) is 85.3 cm³/mol. The number of hydrogen-bond acceptors (Lipinski definition) is 5. The maximum atomic E-state index is 11.6. The van der Waals surface area contributed by atoms with Crippen molar-refractivity contribution < 1.29 is 14.3 Å². The van der Waals surface area contributed by atoms with Crippen LogP contribution >= 0.6 is 15.9 Å². The number of carbonyl (C=O) groups excluding carboxylic acids is 1. The molecule has 0 radical (unpaired) electrons. The van der Waals surface area contributed by atoms with E-state index in [9.17, 15) is 4.79 Å². The van der Waals surface area contributed by atoms with Crippen LogP contribution in [0.3, 0.4) is 0 Å². The lowest BCUT2D eigenvalue weighted by Crippen LogP contribution is -2.58. The van der Waals surface area contributed by atoms with Crippen LogP contribution < -0.4 is 5.32 Å². The summed E-state index contributed by atoms with van der Waals surface area (Å²) in [5, 5.41) is 3.50. The average molecular weight is 369 g/mol. The summed E-state index contributed by atoms with van der Waals surface area (Å²) >= 11 is 3.38. The van der Waals surface area contributed by atoms with Crippen molar-refractivity contribution in [2.24, 2.45) is 11.8 Å². The van der Waals surface area contributed by atoms with Gasteiger partial charge in [0.25, 0.3) is 0 Å². The van der Waals surface area contributed by atoms with Crippen molar-refractivity contribution in [3.8, 4) is 0 Å². The first-order valence-corrected chi connectivity index (χ1v) is 8.49. The Hall–Kier alpha value is -0.980. The summed E-state index contributed by atoms with van der Waals surface area (Å²) < 4.78 is 11.8. The summed E-state index contributed by atoms with van der Waals surface area (Å²) in [6.45, 7) is 1.81. The largest absolute Gasteiger partial charge is 0.467 e. The van der Waals surface area contributed by atoms with Crippen LogP contribution in [0.5, 0.6) is 0 Å². The van der Waals surface area contributed by atoms with Gasteiger partial charge in [-0.3, -0.25) is 0 Å². The summed E-state index contributed by atoms with van der Waals surface area (Å²) in [7, 11) is 1.39. The highest BCUT2D eigenvalue weighted by atomic mass is 79.9. The van der Waals surface area contributed by atoms with E-state index in [1.807, 2.05) is 12.3 Å². The molecule has 0 aromatic carbocycles. The van der Waals surface area contributed by atoms with Crippen LogP contribution in [0.1, 0.15) is 24.8 Å². The molecule has 3 rings (SSSR count). The van der Waals surface area contributed by atoms with Crippen LogP contribution in [0.2, 0.25) is 0 Å². The number of esters is 1. The van der Waals surface area contributed by atoms with Crippen molar-refractivity contribution in [1.29, 1.82) is 0 Å². The number of rotatable bonds is 4. The molecule has 2 unspecified atom stereocenters. The Balaban J connectivity index is 1.97. The number of ether oxygens (including phenoxy) is 2.